The van der Waals surface area contributed by atoms with E-state index in [4.69, 9.17) is 14.8 Å². The Kier molecular flexibility index (Phi) is 5.30. The maximum absolute atomic E-state index is 9.06. The number of fused-ring (bicyclic) bond motifs is 2. The molecule has 3 aromatic rings. The zero-order chi connectivity index (χ0) is 21.2. The Labute approximate surface area is 181 Å². The van der Waals surface area contributed by atoms with E-state index in [2.05, 4.69) is 32.4 Å². The largest absolute Gasteiger partial charge is 0.474 e. The zero-order valence-corrected chi connectivity index (χ0v) is 17.6. The zero-order valence-electron chi connectivity index (χ0n) is 17.6. The first-order valence-corrected chi connectivity index (χ1v) is 10.6. The number of hydrogen-bond donors (Lipinski definition) is 3. The van der Waals surface area contributed by atoms with E-state index in [1.165, 1.54) is 5.56 Å². The number of anilines is 4. The number of nitrogens with one attached hydrogen (secondary N) is 2. The highest BCUT2D eigenvalue weighted by molar-refractivity contribution is 5.70. The number of ether oxygens (including phenoxy) is 1. The van der Waals surface area contributed by atoms with Gasteiger partial charge in [0, 0.05) is 37.1 Å². The molecule has 5 rings (SSSR count). The van der Waals surface area contributed by atoms with Crippen LogP contribution in [0.15, 0.2) is 36.7 Å². The fraction of sp³-hybridized carbons (Fsp3) is 0.348. The number of aromatic nitrogens is 3. The molecule has 0 saturated carbocycles. The summed E-state index contributed by atoms with van der Waals surface area (Å²) in [5.74, 6) is 1.27. The Morgan fingerprint density at radius 1 is 1.19 bits per heavy atom. The number of aliphatic hydroxyl groups excluding tert-OH is 1. The predicted molar refractivity (Wildman–Crippen MR) is 120 cm³/mol. The summed E-state index contributed by atoms with van der Waals surface area (Å²) < 4.78 is 5.66. The van der Waals surface area contributed by atoms with Gasteiger partial charge in [-0.3, -0.25) is 0 Å². The van der Waals surface area contributed by atoms with Crippen LogP contribution in [-0.2, 0) is 19.4 Å². The lowest BCUT2D eigenvalue weighted by molar-refractivity contribution is 0.299. The van der Waals surface area contributed by atoms with Gasteiger partial charge in [0.15, 0.2) is 0 Å². The van der Waals surface area contributed by atoms with Gasteiger partial charge in [-0.2, -0.15) is 0 Å². The number of aliphatic hydroxyl groups is 1. The third kappa shape index (κ3) is 3.98. The maximum Gasteiger partial charge on any atom is 0.237 e. The van der Waals surface area contributed by atoms with Gasteiger partial charge >= 0.3 is 0 Å². The molecule has 8 nitrogen and oxygen atoms in total. The van der Waals surface area contributed by atoms with E-state index in [1.54, 1.807) is 0 Å². The lowest BCUT2D eigenvalue weighted by Crippen LogP contribution is -2.32. The van der Waals surface area contributed by atoms with Crippen molar-refractivity contribution in [1.29, 1.82) is 0 Å². The van der Waals surface area contributed by atoms with Gasteiger partial charge in [0.1, 0.15) is 12.3 Å². The van der Waals surface area contributed by atoms with Gasteiger partial charge < -0.3 is 25.4 Å². The van der Waals surface area contributed by atoms with Crippen LogP contribution in [0.1, 0.15) is 22.4 Å². The molecule has 2 aliphatic rings. The molecular formula is C23H26N6O2. The molecule has 4 heterocycles. The molecule has 160 valence electrons. The lowest BCUT2D eigenvalue weighted by atomic mass is 10.0. The summed E-state index contributed by atoms with van der Waals surface area (Å²) in [7, 11) is 0. The molecule has 0 amide bonds. The number of nitrogens with zero attached hydrogens (tertiary/aromatic N) is 4. The lowest BCUT2D eigenvalue weighted by Gasteiger charge is -2.32. The van der Waals surface area contributed by atoms with Crippen LogP contribution in [0.3, 0.4) is 0 Å². The molecular weight excluding hydrogens is 392 g/mol. The van der Waals surface area contributed by atoms with E-state index >= 15 is 0 Å². The minimum absolute atomic E-state index is 0.152. The standard InChI is InChI=1S/C23H26N6O2/c1-15-20(13-25-22-21(15)24-8-11-31-22)29-9-6-17-12-26-23(28-19(17)14-29)27-18-4-2-16(3-5-18)7-10-30/h2-5,12-13,24,30H,6-11,14H2,1H3,(H,26,27,28). The van der Waals surface area contributed by atoms with Crippen molar-refractivity contribution in [2.45, 2.75) is 26.3 Å². The topological polar surface area (TPSA) is 95.4 Å². The molecule has 8 heteroatoms. The first-order chi connectivity index (χ1) is 15.2. The van der Waals surface area contributed by atoms with Gasteiger partial charge in [0.05, 0.1) is 24.1 Å². The number of rotatable bonds is 5. The maximum atomic E-state index is 9.06. The number of pyridine rings is 1. The molecule has 0 atom stereocenters. The van der Waals surface area contributed by atoms with Gasteiger partial charge in [-0.15, -0.1) is 0 Å². The molecule has 3 N–H and O–H groups in total. The second-order valence-corrected chi connectivity index (χ2v) is 7.86. The molecule has 0 aliphatic carbocycles. The van der Waals surface area contributed by atoms with Crippen LogP contribution >= 0.6 is 0 Å². The van der Waals surface area contributed by atoms with E-state index in [1.807, 2.05) is 36.7 Å². The van der Waals surface area contributed by atoms with Gasteiger partial charge in [-0.1, -0.05) is 12.1 Å². The fourth-order valence-electron chi connectivity index (χ4n) is 4.11. The van der Waals surface area contributed by atoms with Crippen molar-refractivity contribution >= 4 is 23.0 Å². The monoisotopic (exact) mass is 418 g/mol. The average Bonchev–Trinajstić information content (AvgIpc) is 2.80. The fourth-order valence-corrected chi connectivity index (χ4v) is 4.11. The molecule has 31 heavy (non-hydrogen) atoms. The van der Waals surface area contributed by atoms with Gasteiger partial charge in [0.2, 0.25) is 11.8 Å². The van der Waals surface area contributed by atoms with Crippen molar-refractivity contribution in [2.75, 3.05) is 41.8 Å². The van der Waals surface area contributed by atoms with Crippen molar-refractivity contribution < 1.29 is 9.84 Å². The van der Waals surface area contributed by atoms with E-state index in [0.29, 0.717) is 31.4 Å². The Morgan fingerprint density at radius 3 is 2.90 bits per heavy atom. The summed E-state index contributed by atoms with van der Waals surface area (Å²) in [6.07, 6.45) is 5.38. The predicted octanol–water partition coefficient (Wildman–Crippen LogP) is 2.83. The second-order valence-electron chi connectivity index (χ2n) is 7.86. The van der Waals surface area contributed by atoms with Crippen LogP contribution in [0.5, 0.6) is 5.88 Å². The molecule has 0 bridgehead atoms. The first-order valence-electron chi connectivity index (χ1n) is 10.6. The minimum atomic E-state index is 0.152. The van der Waals surface area contributed by atoms with E-state index in [-0.39, 0.29) is 6.61 Å². The molecule has 1 aromatic carbocycles. The minimum Gasteiger partial charge on any atom is -0.474 e. The summed E-state index contributed by atoms with van der Waals surface area (Å²) in [5, 5.41) is 15.8. The van der Waals surface area contributed by atoms with Crippen LogP contribution < -0.4 is 20.3 Å². The van der Waals surface area contributed by atoms with Crippen molar-refractivity contribution in [2.24, 2.45) is 0 Å². The van der Waals surface area contributed by atoms with Crippen LogP contribution in [0.2, 0.25) is 0 Å². The molecule has 2 aliphatic heterocycles. The molecule has 0 fully saturated rings. The Morgan fingerprint density at radius 2 is 2.06 bits per heavy atom. The molecule has 0 spiro atoms. The summed E-state index contributed by atoms with van der Waals surface area (Å²) in [6, 6.07) is 7.97. The quantitative estimate of drug-likeness (QED) is 0.582. The van der Waals surface area contributed by atoms with Gasteiger partial charge in [0.25, 0.3) is 0 Å². The third-order valence-corrected chi connectivity index (χ3v) is 5.82. The van der Waals surface area contributed by atoms with Crippen molar-refractivity contribution in [3.05, 3.63) is 59.0 Å². The smallest absolute Gasteiger partial charge is 0.237 e. The second kappa shape index (κ2) is 8.39. The molecule has 0 radical (unpaired) electrons. The Hall–Kier alpha value is -3.39. The highest BCUT2D eigenvalue weighted by atomic mass is 16.5. The summed E-state index contributed by atoms with van der Waals surface area (Å²) in [6.45, 7) is 5.32. The van der Waals surface area contributed by atoms with Gasteiger partial charge in [-0.05, 0) is 43.0 Å². The molecule has 2 aromatic heterocycles. The SMILES string of the molecule is Cc1c(N2CCc3cnc(Nc4ccc(CCO)cc4)nc3C2)cnc2c1NCCO2. The van der Waals surface area contributed by atoms with Crippen LogP contribution in [-0.4, -0.2) is 46.4 Å². The molecule has 0 unspecified atom stereocenters. The Balaban J connectivity index is 1.35. The van der Waals surface area contributed by atoms with E-state index in [0.717, 1.165) is 53.4 Å². The van der Waals surface area contributed by atoms with Crippen LogP contribution in [0, 0.1) is 6.92 Å². The van der Waals surface area contributed by atoms with Crippen LogP contribution in [0.25, 0.3) is 0 Å². The van der Waals surface area contributed by atoms with Crippen molar-refractivity contribution in [3.8, 4) is 5.88 Å². The van der Waals surface area contributed by atoms with Crippen molar-refractivity contribution in [1.82, 2.24) is 15.0 Å². The van der Waals surface area contributed by atoms with Gasteiger partial charge in [-0.25, -0.2) is 15.0 Å². The Bertz CT molecular complexity index is 1090. The third-order valence-electron chi connectivity index (χ3n) is 5.82. The normalized spacial score (nSPS) is 14.8. The number of hydrogen-bond acceptors (Lipinski definition) is 8. The van der Waals surface area contributed by atoms with E-state index < -0.39 is 0 Å². The highest BCUT2D eigenvalue weighted by Gasteiger charge is 2.24. The average molecular weight is 419 g/mol. The summed E-state index contributed by atoms with van der Waals surface area (Å²) in [4.78, 5) is 16.1. The summed E-state index contributed by atoms with van der Waals surface area (Å²) >= 11 is 0. The van der Waals surface area contributed by atoms with E-state index in [9.17, 15) is 0 Å². The first kappa shape index (κ1) is 19.6. The van der Waals surface area contributed by atoms with Crippen molar-refractivity contribution in [3.63, 3.8) is 0 Å². The number of benzene rings is 1. The summed E-state index contributed by atoms with van der Waals surface area (Å²) in [5.41, 5.74) is 7.49. The molecule has 0 saturated heterocycles. The highest BCUT2D eigenvalue weighted by Crippen LogP contribution is 2.36. The van der Waals surface area contributed by atoms with Crippen LogP contribution in [0.4, 0.5) is 23.0 Å².